The molecule has 2 atom stereocenters. The number of hydrogen-bond acceptors (Lipinski definition) is 7. The van der Waals surface area contributed by atoms with Crippen molar-refractivity contribution >= 4 is 27.7 Å². The molecule has 4 rings (SSSR count). The molecule has 1 saturated carbocycles. The number of piperidine rings is 1. The number of ether oxygens (including phenoxy) is 1. The Bertz CT molecular complexity index is 838. The number of hydrogen-bond donors (Lipinski definition) is 2. The third kappa shape index (κ3) is 4.19. The molecule has 156 valence electrons. The Balaban J connectivity index is 1.40. The van der Waals surface area contributed by atoms with Gasteiger partial charge in [0.25, 0.3) is 0 Å². The predicted octanol–water partition coefficient (Wildman–Crippen LogP) is 3.71. The second-order valence-electron chi connectivity index (χ2n) is 8.24. The lowest BCUT2D eigenvalue weighted by Crippen LogP contribution is -2.49. The Morgan fingerprint density at radius 2 is 1.93 bits per heavy atom. The van der Waals surface area contributed by atoms with Gasteiger partial charge in [0.05, 0.1) is 7.11 Å². The van der Waals surface area contributed by atoms with Gasteiger partial charge >= 0.3 is 0 Å². The van der Waals surface area contributed by atoms with Crippen molar-refractivity contribution < 1.29 is 4.74 Å². The Kier molecular flexibility index (Phi) is 5.92. The summed E-state index contributed by atoms with van der Waals surface area (Å²) < 4.78 is 5.78. The molecule has 1 aromatic heterocycles. The molecule has 3 N–H and O–H groups in total. The minimum absolute atomic E-state index is 0.317. The summed E-state index contributed by atoms with van der Waals surface area (Å²) in [5, 5.41) is 12.2. The number of nitrogens with zero attached hydrogens (tertiary/aromatic N) is 4. The first-order valence-corrected chi connectivity index (χ1v) is 11.1. The van der Waals surface area contributed by atoms with Crippen LogP contribution in [0, 0.1) is 5.41 Å². The molecule has 2 fully saturated rings. The van der Waals surface area contributed by atoms with E-state index in [2.05, 4.69) is 60.4 Å². The zero-order valence-corrected chi connectivity index (χ0v) is 18.7. The van der Waals surface area contributed by atoms with Crippen molar-refractivity contribution in [2.45, 2.75) is 51.1 Å². The molecule has 2 aromatic rings. The molecule has 1 aromatic carbocycles. The summed E-state index contributed by atoms with van der Waals surface area (Å²) in [5.74, 6) is 1.93. The number of nitrogens with two attached hydrogens (primary N) is 1. The predicted molar refractivity (Wildman–Crippen MR) is 118 cm³/mol. The highest BCUT2D eigenvalue weighted by Crippen LogP contribution is 2.47. The zero-order chi connectivity index (χ0) is 20.4. The van der Waals surface area contributed by atoms with Gasteiger partial charge in [-0.1, -0.05) is 18.6 Å². The van der Waals surface area contributed by atoms with E-state index >= 15 is 0 Å². The van der Waals surface area contributed by atoms with Crippen LogP contribution in [0.5, 0.6) is 5.75 Å². The largest absolute Gasteiger partial charge is 0.497 e. The van der Waals surface area contributed by atoms with Crippen molar-refractivity contribution in [3.05, 3.63) is 34.4 Å². The molecule has 29 heavy (non-hydrogen) atoms. The number of methoxy groups -OCH3 is 1. The first-order chi connectivity index (χ1) is 14.0. The summed E-state index contributed by atoms with van der Waals surface area (Å²) >= 11 is 3.27. The summed E-state index contributed by atoms with van der Waals surface area (Å²) in [4.78, 5) is 6.60. The monoisotopic (exact) mass is 460 g/mol. The highest BCUT2D eigenvalue weighted by atomic mass is 79.9. The summed E-state index contributed by atoms with van der Waals surface area (Å²) in [6.45, 7) is 4.14. The molecule has 2 heterocycles. The quantitative estimate of drug-likeness (QED) is 0.702. The molecule has 1 spiro atoms. The summed E-state index contributed by atoms with van der Waals surface area (Å²) in [7, 11) is 1.70. The fourth-order valence-electron chi connectivity index (χ4n) is 4.89. The SMILES string of the molecule is COc1ccc([C@@H](C)N[C@H]2CCCC23CCN(c2nnc(Br)c(N)n2)CC3)cc1. The van der Waals surface area contributed by atoms with Crippen LogP contribution in [0.3, 0.4) is 0 Å². The van der Waals surface area contributed by atoms with Crippen LogP contribution in [-0.2, 0) is 0 Å². The van der Waals surface area contributed by atoms with Crippen molar-refractivity contribution in [1.29, 1.82) is 0 Å². The van der Waals surface area contributed by atoms with Crippen LogP contribution in [-0.4, -0.2) is 41.4 Å². The van der Waals surface area contributed by atoms with E-state index in [1.165, 1.54) is 24.8 Å². The fraction of sp³-hybridized carbons (Fsp3) is 0.571. The topological polar surface area (TPSA) is 89.2 Å². The first-order valence-electron chi connectivity index (χ1n) is 10.3. The maximum Gasteiger partial charge on any atom is 0.247 e. The van der Waals surface area contributed by atoms with Gasteiger partial charge in [-0.3, -0.25) is 0 Å². The van der Waals surface area contributed by atoms with Crippen molar-refractivity contribution in [1.82, 2.24) is 20.5 Å². The normalized spacial score (nSPS) is 22.0. The molecule has 0 radical (unpaired) electrons. The van der Waals surface area contributed by atoms with Gasteiger partial charge in [0, 0.05) is 25.2 Å². The molecule has 1 aliphatic carbocycles. The molecule has 0 bridgehead atoms. The zero-order valence-electron chi connectivity index (χ0n) is 17.1. The average Bonchev–Trinajstić information content (AvgIpc) is 3.12. The van der Waals surface area contributed by atoms with Crippen molar-refractivity contribution in [2.75, 3.05) is 30.8 Å². The van der Waals surface area contributed by atoms with Crippen molar-refractivity contribution in [2.24, 2.45) is 5.41 Å². The fourth-order valence-corrected chi connectivity index (χ4v) is 5.06. The number of benzene rings is 1. The lowest BCUT2D eigenvalue weighted by Gasteiger charge is -2.44. The van der Waals surface area contributed by atoms with Crippen LogP contribution >= 0.6 is 15.9 Å². The van der Waals surface area contributed by atoms with Gasteiger partial charge in [0.1, 0.15) is 5.75 Å². The lowest BCUT2D eigenvalue weighted by molar-refractivity contribution is 0.163. The van der Waals surface area contributed by atoms with E-state index in [0.717, 1.165) is 31.7 Å². The third-order valence-electron chi connectivity index (χ3n) is 6.67. The second-order valence-corrected chi connectivity index (χ2v) is 8.99. The van der Waals surface area contributed by atoms with Gasteiger partial charge in [-0.25, -0.2) is 0 Å². The van der Waals surface area contributed by atoms with Crippen LogP contribution in [0.2, 0.25) is 0 Å². The minimum Gasteiger partial charge on any atom is -0.497 e. The van der Waals surface area contributed by atoms with Crippen molar-refractivity contribution in [3.8, 4) is 5.75 Å². The smallest absolute Gasteiger partial charge is 0.247 e. The molecule has 1 saturated heterocycles. The molecule has 1 aliphatic heterocycles. The van der Waals surface area contributed by atoms with Gasteiger partial charge in [0.2, 0.25) is 5.95 Å². The molecule has 8 heteroatoms. The van der Waals surface area contributed by atoms with E-state index in [0.29, 0.717) is 33.9 Å². The van der Waals surface area contributed by atoms with E-state index in [-0.39, 0.29) is 0 Å². The number of nitrogen functional groups attached to an aromatic ring is 1. The highest BCUT2D eigenvalue weighted by molar-refractivity contribution is 9.10. The molecule has 7 nitrogen and oxygen atoms in total. The van der Waals surface area contributed by atoms with Crippen LogP contribution in [0.25, 0.3) is 0 Å². The average molecular weight is 461 g/mol. The van der Waals surface area contributed by atoms with Gasteiger partial charge < -0.3 is 20.7 Å². The van der Waals surface area contributed by atoms with E-state index < -0.39 is 0 Å². The Labute approximate surface area is 180 Å². The molecule has 2 aliphatic rings. The Hall–Kier alpha value is -1.93. The van der Waals surface area contributed by atoms with E-state index in [4.69, 9.17) is 10.5 Å². The van der Waals surface area contributed by atoms with E-state index in [9.17, 15) is 0 Å². The minimum atomic E-state index is 0.317. The summed E-state index contributed by atoms with van der Waals surface area (Å²) in [5.41, 5.74) is 7.54. The molecule has 0 unspecified atom stereocenters. The molecular formula is C21H29BrN6O. The first kappa shape index (κ1) is 20.3. The van der Waals surface area contributed by atoms with E-state index in [1.54, 1.807) is 7.11 Å². The maximum atomic E-state index is 5.89. The standard InChI is InChI=1S/C21H29BrN6O/c1-14(15-5-7-16(29-2)8-6-15)24-17-4-3-9-21(17)10-12-28(13-11-21)20-25-19(23)18(22)26-27-20/h5-8,14,17,24H,3-4,9-13H2,1-2H3,(H2,23,25,27)/t14-,17+/m1/s1. The Morgan fingerprint density at radius 1 is 1.21 bits per heavy atom. The van der Waals surface area contributed by atoms with Crippen LogP contribution < -0.4 is 20.7 Å². The molecule has 0 amide bonds. The third-order valence-corrected chi connectivity index (χ3v) is 7.24. The number of aromatic nitrogens is 3. The van der Waals surface area contributed by atoms with Crippen LogP contribution in [0.15, 0.2) is 28.9 Å². The lowest BCUT2D eigenvalue weighted by atomic mass is 9.73. The van der Waals surface area contributed by atoms with Gasteiger partial charge in [0.15, 0.2) is 10.4 Å². The van der Waals surface area contributed by atoms with Gasteiger partial charge in [-0.15, -0.1) is 10.2 Å². The number of nitrogens with one attached hydrogen (secondary N) is 1. The number of rotatable bonds is 5. The number of halogens is 1. The highest BCUT2D eigenvalue weighted by Gasteiger charge is 2.45. The van der Waals surface area contributed by atoms with Gasteiger partial charge in [-0.05, 0) is 71.6 Å². The van der Waals surface area contributed by atoms with Crippen LogP contribution in [0.1, 0.15) is 50.6 Å². The number of anilines is 2. The maximum absolute atomic E-state index is 5.89. The summed E-state index contributed by atoms with van der Waals surface area (Å²) in [6.07, 6.45) is 6.09. The van der Waals surface area contributed by atoms with Gasteiger partial charge in [-0.2, -0.15) is 4.98 Å². The van der Waals surface area contributed by atoms with Crippen molar-refractivity contribution in [3.63, 3.8) is 0 Å². The molecular weight excluding hydrogens is 432 g/mol. The van der Waals surface area contributed by atoms with Crippen LogP contribution in [0.4, 0.5) is 11.8 Å². The second kappa shape index (κ2) is 8.44. The Morgan fingerprint density at radius 3 is 2.59 bits per heavy atom. The summed E-state index contributed by atoms with van der Waals surface area (Å²) in [6, 6.07) is 9.24. The van der Waals surface area contributed by atoms with E-state index in [1.807, 2.05) is 12.1 Å².